The highest BCUT2D eigenvalue weighted by Crippen LogP contribution is 2.25. The van der Waals surface area contributed by atoms with Gasteiger partial charge in [0.2, 0.25) is 0 Å². The van der Waals surface area contributed by atoms with Crippen molar-refractivity contribution in [3.8, 4) is 0 Å². The number of nitrogens with two attached hydrogens (primary N) is 1. The second-order valence-corrected chi connectivity index (χ2v) is 5.71. The zero-order valence-electron chi connectivity index (χ0n) is 11.0. The highest BCUT2D eigenvalue weighted by Gasteiger charge is 2.23. The third kappa shape index (κ3) is 3.30. The number of hydrogen-bond acceptors (Lipinski definition) is 2. The number of benzene rings is 1. The van der Waals surface area contributed by atoms with Gasteiger partial charge in [0.05, 0.1) is 4.99 Å². The van der Waals surface area contributed by atoms with Gasteiger partial charge < -0.3 is 10.6 Å². The Balaban J connectivity index is 2.04. The molecule has 1 atom stereocenters. The summed E-state index contributed by atoms with van der Waals surface area (Å²) in [5, 5.41) is 0. The second-order valence-electron chi connectivity index (χ2n) is 5.24. The summed E-state index contributed by atoms with van der Waals surface area (Å²) >= 11 is 5.24. The molecule has 1 aromatic carbocycles. The van der Waals surface area contributed by atoms with Gasteiger partial charge in [-0.3, -0.25) is 0 Å². The van der Waals surface area contributed by atoms with E-state index in [0.29, 0.717) is 11.0 Å². The maximum atomic E-state index is 5.92. The Kier molecular flexibility index (Phi) is 4.72. The lowest BCUT2D eigenvalue weighted by Crippen LogP contribution is -2.36. The topological polar surface area (TPSA) is 29.3 Å². The molecule has 1 saturated carbocycles. The van der Waals surface area contributed by atoms with E-state index < -0.39 is 0 Å². The molecule has 18 heavy (non-hydrogen) atoms. The van der Waals surface area contributed by atoms with Crippen LogP contribution >= 0.6 is 12.2 Å². The van der Waals surface area contributed by atoms with E-state index in [1.54, 1.807) is 0 Å². The third-order valence-corrected chi connectivity index (χ3v) is 4.25. The van der Waals surface area contributed by atoms with Crippen LogP contribution in [-0.2, 0) is 0 Å². The van der Waals surface area contributed by atoms with Crippen LogP contribution in [0.4, 0.5) is 0 Å². The maximum absolute atomic E-state index is 5.92. The Morgan fingerprint density at radius 3 is 2.50 bits per heavy atom. The van der Waals surface area contributed by atoms with Crippen molar-refractivity contribution in [1.29, 1.82) is 0 Å². The molecule has 1 aromatic rings. The molecule has 0 spiro atoms. The molecular formula is C15H22N2S. The van der Waals surface area contributed by atoms with E-state index >= 15 is 0 Å². The Bertz CT molecular complexity index is 385. The SMILES string of the molecule is CN(CC(C(N)=S)c1ccccc1)C1CCCC1. The Hall–Kier alpha value is -0.930. The molecule has 0 aromatic heterocycles. The molecule has 98 valence electrons. The molecule has 0 radical (unpaired) electrons. The van der Waals surface area contributed by atoms with Crippen molar-refractivity contribution in [2.75, 3.05) is 13.6 Å². The van der Waals surface area contributed by atoms with Gasteiger partial charge in [0.15, 0.2) is 0 Å². The molecule has 1 aliphatic rings. The monoisotopic (exact) mass is 262 g/mol. The van der Waals surface area contributed by atoms with Gasteiger partial charge in [0.1, 0.15) is 0 Å². The van der Waals surface area contributed by atoms with Crippen LogP contribution in [0.25, 0.3) is 0 Å². The van der Waals surface area contributed by atoms with Gasteiger partial charge in [-0.1, -0.05) is 55.4 Å². The highest BCUT2D eigenvalue weighted by molar-refractivity contribution is 7.80. The summed E-state index contributed by atoms with van der Waals surface area (Å²) in [6.45, 7) is 0.935. The van der Waals surface area contributed by atoms with E-state index in [-0.39, 0.29) is 5.92 Å². The molecule has 1 aliphatic carbocycles. The fraction of sp³-hybridized carbons (Fsp3) is 0.533. The second kappa shape index (κ2) is 6.30. The van der Waals surface area contributed by atoms with Crippen LogP contribution in [0.1, 0.15) is 37.2 Å². The molecule has 2 rings (SSSR count). The van der Waals surface area contributed by atoms with Crippen LogP contribution < -0.4 is 5.73 Å². The van der Waals surface area contributed by atoms with E-state index in [1.165, 1.54) is 31.2 Å². The van der Waals surface area contributed by atoms with Gasteiger partial charge >= 0.3 is 0 Å². The van der Waals surface area contributed by atoms with Crippen molar-refractivity contribution in [2.45, 2.75) is 37.6 Å². The summed E-state index contributed by atoms with van der Waals surface area (Å²) in [6.07, 6.45) is 5.35. The lowest BCUT2D eigenvalue weighted by molar-refractivity contribution is 0.243. The van der Waals surface area contributed by atoms with Gasteiger partial charge in [-0.05, 0) is 25.5 Å². The standard InChI is InChI=1S/C15H22N2S/c1-17(13-9-5-6-10-13)11-14(15(16)18)12-7-3-2-4-8-12/h2-4,7-8,13-14H,5-6,9-11H2,1H3,(H2,16,18). The first-order valence-electron chi connectivity index (χ1n) is 6.73. The van der Waals surface area contributed by atoms with E-state index in [1.807, 2.05) is 6.07 Å². The van der Waals surface area contributed by atoms with Crippen molar-refractivity contribution in [1.82, 2.24) is 4.90 Å². The van der Waals surface area contributed by atoms with Gasteiger partial charge in [-0.2, -0.15) is 0 Å². The van der Waals surface area contributed by atoms with Crippen LogP contribution in [0.2, 0.25) is 0 Å². The van der Waals surface area contributed by atoms with E-state index in [4.69, 9.17) is 18.0 Å². The summed E-state index contributed by atoms with van der Waals surface area (Å²) in [7, 11) is 2.20. The molecule has 1 unspecified atom stereocenters. The van der Waals surface area contributed by atoms with Crippen molar-refractivity contribution in [3.63, 3.8) is 0 Å². The van der Waals surface area contributed by atoms with Crippen LogP contribution in [0.5, 0.6) is 0 Å². The first kappa shape index (κ1) is 13.5. The average molecular weight is 262 g/mol. The van der Waals surface area contributed by atoms with E-state index in [2.05, 4.69) is 36.2 Å². The van der Waals surface area contributed by atoms with Crippen molar-refractivity contribution in [2.24, 2.45) is 5.73 Å². The molecule has 0 saturated heterocycles. The minimum atomic E-state index is 0.173. The van der Waals surface area contributed by atoms with Crippen LogP contribution in [0, 0.1) is 0 Å². The van der Waals surface area contributed by atoms with E-state index in [9.17, 15) is 0 Å². The maximum Gasteiger partial charge on any atom is 0.0816 e. The molecule has 0 heterocycles. The number of thiocarbonyl (C=S) groups is 1. The fourth-order valence-electron chi connectivity index (χ4n) is 2.83. The van der Waals surface area contributed by atoms with Gasteiger partial charge in [-0.15, -0.1) is 0 Å². The quantitative estimate of drug-likeness (QED) is 0.827. The van der Waals surface area contributed by atoms with Gasteiger partial charge in [0.25, 0.3) is 0 Å². The number of likely N-dealkylation sites (N-methyl/N-ethyl adjacent to an activating group) is 1. The highest BCUT2D eigenvalue weighted by atomic mass is 32.1. The Morgan fingerprint density at radius 2 is 1.94 bits per heavy atom. The van der Waals surface area contributed by atoms with Crippen molar-refractivity contribution < 1.29 is 0 Å². The third-order valence-electron chi connectivity index (χ3n) is 3.96. The molecule has 0 bridgehead atoms. The molecule has 1 fully saturated rings. The summed E-state index contributed by atoms with van der Waals surface area (Å²) in [6, 6.07) is 11.1. The van der Waals surface area contributed by atoms with Crippen LogP contribution in [-0.4, -0.2) is 29.5 Å². The van der Waals surface area contributed by atoms with Gasteiger partial charge in [-0.25, -0.2) is 0 Å². The molecular weight excluding hydrogens is 240 g/mol. The first-order chi connectivity index (χ1) is 8.68. The normalized spacial score (nSPS) is 18.1. The van der Waals surface area contributed by atoms with Crippen molar-refractivity contribution in [3.05, 3.63) is 35.9 Å². The van der Waals surface area contributed by atoms with Crippen LogP contribution in [0.15, 0.2) is 30.3 Å². The lowest BCUT2D eigenvalue weighted by Gasteiger charge is -2.28. The zero-order chi connectivity index (χ0) is 13.0. The number of hydrogen-bond donors (Lipinski definition) is 1. The minimum Gasteiger partial charge on any atom is -0.393 e. The Morgan fingerprint density at radius 1 is 1.33 bits per heavy atom. The largest absolute Gasteiger partial charge is 0.393 e. The minimum absolute atomic E-state index is 0.173. The zero-order valence-corrected chi connectivity index (χ0v) is 11.8. The number of nitrogens with zero attached hydrogens (tertiary/aromatic N) is 1. The summed E-state index contributed by atoms with van der Waals surface area (Å²) in [4.78, 5) is 3.04. The predicted octanol–water partition coefficient (Wildman–Crippen LogP) is 2.93. The van der Waals surface area contributed by atoms with Gasteiger partial charge in [0, 0.05) is 18.5 Å². The molecule has 2 N–H and O–H groups in total. The van der Waals surface area contributed by atoms with Crippen molar-refractivity contribution >= 4 is 17.2 Å². The molecule has 2 nitrogen and oxygen atoms in total. The molecule has 0 amide bonds. The average Bonchev–Trinajstić information content (AvgIpc) is 2.90. The van der Waals surface area contributed by atoms with E-state index in [0.717, 1.165) is 6.54 Å². The predicted molar refractivity (Wildman–Crippen MR) is 80.9 cm³/mol. The lowest BCUT2D eigenvalue weighted by atomic mass is 9.98. The summed E-state index contributed by atoms with van der Waals surface area (Å²) < 4.78 is 0. The fourth-order valence-corrected chi connectivity index (χ4v) is 3.04. The van der Waals surface area contributed by atoms with Crippen LogP contribution in [0.3, 0.4) is 0 Å². The smallest absolute Gasteiger partial charge is 0.0816 e. The first-order valence-corrected chi connectivity index (χ1v) is 7.14. The summed E-state index contributed by atoms with van der Waals surface area (Å²) in [5.41, 5.74) is 7.15. The Labute approximate surface area is 115 Å². The number of rotatable bonds is 5. The summed E-state index contributed by atoms with van der Waals surface area (Å²) in [5.74, 6) is 0.173. The molecule has 0 aliphatic heterocycles. The molecule has 3 heteroatoms.